The highest BCUT2D eigenvalue weighted by molar-refractivity contribution is 5.33. The molecule has 0 aliphatic carbocycles. The third-order valence-electron chi connectivity index (χ3n) is 4.05. The standard InChI is InChI=1S/C22H25N/c1-4-5-18-10-12-21(13-11-18)22(16-23)15-20-8-6-19(7-9-20)14-17(2)3/h6-13,22H,2,4-5,14-15H2,1,3H3/t22-/m0/s1. The Kier molecular flexibility index (Phi) is 6.18. The van der Waals surface area contributed by atoms with Crippen LogP contribution in [0.25, 0.3) is 0 Å². The van der Waals surface area contributed by atoms with E-state index in [1.165, 1.54) is 22.3 Å². The zero-order chi connectivity index (χ0) is 16.7. The van der Waals surface area contributed by atoms with E-state index in [1.807, 2.05) is 6.92 Å². The Morgan fingerprint density at radius 1 is 1.00 bits per heavy atom. The number of hydrogen-bond donors (Lipinski definition) is 0. The molecule has 1 atom stereocenters. The second kappa shape index (κ2) is 8.34. The summed E-state index contributed by atoms with van der Waals surface area (Å²) in [5, 5.41) is 9.53. The molecular weight excluding hydrogens is 278 g/mol. The quantitative estimate of drug-likeness (QED) is 0.610. The summed E-state index contributed by atoms with van der Waals surface area (Å²) in [5.74, 6) is -0.0855. The lowest BCUT2D eigenvalue weighted by atomic mass is 9.91. The van der Waals surface area contributed by atoms with Crippen LogP contribution in [0.15, 0.2) is 60.7 Å². The highest BCUT2D eigenvalue weighted by atomic mass is 14.3. The van der Waals surface area contributed by atoms with Gasteiger partial charge in [-0.3, -0.25) is 0 Å². The SMILES string of the molecule is C=C(C)Cc1ccc(C[C@@H](C#N)c2ccc(CCC)cc2)cc1. The summed E-state index contributed by atoms with van der Waals surface area (Å²) in [6, 6.07) is 19.5. The van der Waals surface area contributed by atoms with Gasteiger partial charge in [-0.25, -0.2) is 0 Å². The summed E-state index contributed by atoms with van der Waals surface area (Å²) in [6.07, 6.45) is 3.93. The van der Waals surface area contributed by atoms with E-state index in [0.29, 0.717) is 0 Å². The third kappa shape index (κ3) is 5.11. The van der Waals surface area contributed by atoms with Crippen LogP contribution in [0.1, 0.15) is 48.4 Å². The molecule has 2 aromatic rings. The number of allylic oxidation sites excluding steroid dienone is 1. The van der Waals surface area contributed by atoms with Gasteiger partial charge in [0, 0.05) is 0 Å². The number of nitriles is 1. The minimum absolute atomic E-state index is 0.0855. The van der Waals surface area contributed by atoms with Crippen molar-refractivity contribution in [1.82, 2.24) is 0 Å². The van der Waals surface area contributed by atoms with E-state index in [0.717, 1.165) is 31.2 Å². The fraction of sp³-hybridized carbons (Fsp3) is 0.318. The molecule has 0 saturated carbocycles. The summed E-state index contributed by atoms with van der Waals surface area (Å²) in [6.45, 7) is 8.18. The maximum absolute atomic E-state index is 9.53. The zero-order valence-corrected chi connectivity index (χ0v) is 14.2. The van der Waals surface area contributed by atoms with Crippen molar-refractivity contribution in [3.05, 3.63) is 82.9 Å². The van der Waals surface area contributed by atoms with Gasteiger partial charge in [-0.1, -0.05) is 74.0 Å². The topological polar surface area (TPSA) is 23.8 Å². The number of benzene rings is 2. The minimum Gasteiger partial charge on any atom is -0.198 e. The van der Waals surface area contributed by atoms with E-state index in [4.69, 9.17) is 0 Å². The lowest BCUT2D eigenvalue weighted by Gasteiger charge is -2.11. The molecule has 1 nitrogen and oxygen atoms in total. The van der Waals surface area contributed by atoms with Crippen LogP contribution in [0.4, 0.5) is 0 Å². The van der Waals surface area contributed by atoms with E-state index in [1.54, 1.807) is 0 Å². The first-order chi connectivity index (χ1) is 11.1. The Morgan fingerprint density at radius 3 is 2.09 bits per heavy atom. The molecule has 0 heterocycles. The van der Waals surface area contributed by atoms with Gasteiger partial charge in [0.15, 0.2) is 0 Å². The molecule has 0 N–H and O–H groups in total. The van der Waals surface area contributed by atoms with E-state index < -0.39 is 0 Å². The van der Waals surface area contributed by atoms with Gasteiger partial charge in [-0.05, 0) is 48.4 Å². The smallest absolute Gasteiger partial charge is 0.0753 e. The molecule has 23 heavy (non-hydrogen) atoms. The van der Waals surface area contributed by atoms with Gasteiger partial charge in [0.1, 0.15) is 0 Å². The molecule has 0 unspecified atom stereocenters. The average Bonchev–Trinajstić information content (AvgIpc) is 2.55. The van der Waals surface area contributed by atoms with Crippen molar-refractivity contribution in [2.75, 3.05) is 0 Å². The Bertz CT molecular complexity index is 671. The lowest BCUT2D eigenvalue weighted by Crippen LogP contribution is -2.01. The summed E-state index contributed by atoms with van der Waals surface area (Å²) >= 11 is 0. The first-order valence-electron chi connectivity index (χ1n) is 8.33. The molecule has 0 bridgehead atoms. The van der Waals surface area contributed by atoms with E-state index >= 15 is 0 Å². The van der Waals surface area contributed by atoms with Crippen molar-refractivity contribution in [1.29, 1.82) is 5.26 Å². The predicted octanol–water partition coefficient (Wildman–Crippen LogP) is 5.61. The first kappa shape index (κ1) is 17.0. The molecule has 0 saturated heterocycles. The molecule has 118 valence electrons. The van der Waals surface area contributed by atoms with Crippen molar-refractivity contribution in [2.45, 2.75) is 45.4 Å². The maximum Gasteiger partial charge on any atom is 0.0753 e. The molecule has 0 spiro atoms. The van der Waals surface area contributed by atoms with Crippen LogP contribution in [-0.4, -0.2) is 0 Å². The predicted molar refractivity (Wildman–Crippen MR) is 97.5 cm³/mol. The molecule has 0 aromatic heterocycles. The molecule has 0 aliphatic heterocycles. The van der Waals surface area contributed by atoms with Crippen LogP contribution >= 0.6 is 0 Å². The number of nitrogens with zero attached hydrogens (tertiary/aromatic N) is 1. The van der Waals surface area contributed by atoms with Gasteiger partial charge in [0.25, 0.3) is 0 Å². The molecule has 0 amide bonds. The number of aryl methyl sites for hydroxylation is 1. The Morgan fingerprint density at radius 2 is 1.57 bits per heavy atom. The van der Waals surface area contributed by atoms with Crippen LogP contribution in [0.5, 0.6) is 0 Å². The van der Waals surface area contributed by atoms with Crippen molar-refractivity contribution in [3.8, 4) is 6.07 Å². The number of rotatable bonds is 7. The molecule has 2 aromatic carbocycles. The summed E-state index contributed by atoms with van der Waals surface area (Å²) in [4.78, 5) is 0. The van der Waals surface area contributed by atoms with Crippen LogP contribution < -0.4 is 0 Å². The van der Waals surface area contributed by atoms with E-state index in [-0.39, 0.29) is 5.92 Å². The largest absolute Gasteiger partial charge is 0.198 e. The Hall–Kier alpha value is -2.33. The third-order valence-corrected chi connectivity index (χ3v) is 4.05. The van der Waals surface area contributed by atoms with Gasteiger partial charge >= 0.3 is 0 Å². The summed E-state index contributed by atoms with van der Waals surface area (Å²) < 4.78 is 0. The highest BCUT2D eigenvalue weighted by Gasteiger charge is 2.11. The molecular formula is C22H25N. The summed E-state index contributed by atoms with van der Waals surface area (Å²) in [5.41, 5.74) is 6.11. The second-order valence-electron chi connectivity index (χ2n) is 6.33. The fourth-order valence-corrected chi connectivity index (χ4v) is 2.82. The molecule has 0 fully saturated rings. The van der Waals surface area contributed by atoms with Gasteiger partial charge in [0.05, 0.1) is 12.0 Å². The lowest BCUT2D eigenvalue weighted by molar-refractivity contribution is 0.844. The average molecular weight is 303 g/mol. The van der Waals surface area contributed by atoms with E-state index in [9.17, 15) is 5.26 Å². The second-order valence-corrected chi connectivity index (χ2v) is 6.33. The molecule has 1 heteroatoms. The van der Waals surface area contributed by atoms with Crippen LogP contribution in [0, 0.1) is 11.3 Å². The fourth-order valence-electron chi connectivity index (χ4n) is 2.82. The zero-order valence-electron chi connectivity index (χ0n) is 14.2. The Labute approximate surface area is 140 Å². The number of hydrogen-bond acceptors (Lipinski definition) is 1. The molecule has 2 rings (SSSR count). The Balaban J connectivity index is 2.07. The van der Waals surface area contributed by atoms with Crippen LogP contribution in [0.3, 0.4) is 0 Å². The van der Waals surface area contributed by atoms with Crippen LogP contribution in [0.2, 0.25) is 0 Å². The maximum atomic E-state index is 9.53. The van der Waals surface area contributed by atoms with Gasteiger partial charge in [-0.2, -0.15) is 5.26 Å². The van der Waals surface area contributed by atoms with Crippen molar-refractivity contribution in [3.63, 3.8) is 0 Å². The first-order valence-corrected chi connectivity index (χ1v) is 8.33. The van der Waals surface area contributed by atoms with Crippen LogP contribution in [-0.2, 0) is 19.3 Å². The van der Waals surface area contributed by atoms with E-state index in [2.05, 4.69) is 68.1 Å². The van der Waals surface area contributed by atoms with Gasteiger partial charge < -0.3 is 0 Å². The van der Waals surface area contributed by atoms with Gasteiger partial charge in [-0.15, -0.1) is 0 Å². The van der Waals surface area contributed by atoms with Crippen molar-refractivity contribution in [2.24, 2.45) is 0 Å². The van der Waals surface area contributed by atoms with Crippen molar-refractivity contribution >= 4 is 0 Å². The van der Waals surface area contributed by atoms with Crippen molar-refractivity contribution < 1.29 is 0 Å². The van der Waals surface area contributed by atoms with Gasteiger partial charge in [0.2, 0.25) is 0 Å². The normalized spacial score (nSPS) is 11.7. The monoisotopic (exact) mass is 303 g/mol. The highest BCUT2D eigenvalue weighted by Crippen LogP contribution is 2.22. The summed E-state index contributed by atoms with van der Waals surface area (Å²) in [7, 11) is 0. The molecule has 0 radical (unpaired) electrons. The molecule has 0 aliphatic rings. The minimum atomic E-state index is -0.0855.